The summed E-state index contributed by atoms with van der Waals surface area (Å²) in [5.41, 5.74) is 7.06. The fraction of sp³-hybridized carbons (Fsp3) is 0.333. The van der Waals surface area contributed by atoms with Gasteiger partial charge in [0.15, 0.2) is 0 Å². The molecule has 1 nitrogen and oxygen atoms in total. The van der Waals surface area contributed by atoms with E-state index in [0.29, 0.717) is 12.1 Å². The third-order valence-corrected chi connectivity index (χ3v) is 6.10. The SMILES string of the molecule is CC1C(C=CC(c2cc(Cl)c(Cl)c(Cl)c2)C(F)(F)F)=CC=C(CN)C1Cl. The molecule has 0 heterocycles. The predicted molar refractivity (Wildman–Crippen MR) is 103 cm³/mol. The molecule has 3 atom stereocenters. The fourth-order valence-electron chi connectivity index (χ4n) is 2.70. The lowest BCUT2D eigenvalue weighted by molar-refractivity contribution is -0.139. The van der Waals surface area contributed by atoms with Crippen molar-refractivity contribution in [3.05, 3.63) is 68.2 Å². The molecule has 142 valence electrons. The Hall–Kier alpha value is -0.650. The molecule has 2 N–H and O–H groups in total. The number of rotatable bonds is 4. The number of alkyl halides is 4. The first-order valence-electron chi connectivity index (χ1n) is 7.70. The van der Waals surface area contributed by atoms with Gasteiger partial charge in [0.2, 0.25) is 0 Å². The van der Waals surface area contributed by atoms with Crippen LogP contribution < -0.4 is 5.73 Å². The van der Waals surface area contributed by atoms with Crippen LogP contribution in [0.1, 0.15) is 18.4 Å². The van der Waals surface area contributed by atoms with Gasteiger partial charge in [-0.15, -0.1) is 11.6 Å². The third-order valence-electron chi connectivity index (χ3n) is 4.24. The molecule has 0 saturated heterocycles. The second-order valence-corrected chi connectivity index (χ2v) is 7.64. The minimum Gasteiger partial charge on any atom is -0.327 e. The molecule has 3 unspecified atom stereocenters. The van der Waals surface area contributed by atoms with Crippen LogP contribution >= 0.6 is 46.4 Å². The van der Waals surface area contributed by atoms with E-state index in [4.69, 9.17) is 52.1 Å². The minimum atomic E-state index is -4.52. The predicted octanol–water partition coefficient (Wildman–Crippen LogP) is 6.92. The Balaban J connectivity index is 2.40. The Morgan fingerprint density at radius 2 is 1.73 bits per heavy atom. The highest BCUT2D eigenvalue weighted by Gasteiger charge is 2.39. The fourth-order valence-corrected chi connectivity index (χ4v) is 3.62. The molecule has 0 fully saturated rings. The van der Waals surface area contributed by atoms with E-state index in [2.05, 4.69) is 0 Å². The van der Waals surface area contributed by atoms with Crippen LogP contribution in [-0.4, -0.2) is 18.1 Å². The van der Waals surface area contributed by atoms with Gasteiger partial charge in [-0.05, 0) is 28.8 Å². The third kappa shape index (κ3) is 4.79. The molecule has 26 heavy (non-hydrogen) atoms. The first-order chi connectivity index (χ1) is 12.1. The highest BCUT2D eigenvalue weighted by molar-refractivity contribution is 6.48. The molecule has 0 radical (unpaired) electrons. The molecular weight excluding hydrogens is 429 g/mol. The van der Waals surface area contributed by atoms with Gasteiger partial charge in [0.05, 0.1) is 26.4 Å². The van der Waals surface area contributed by atoms with Gasteiger partial charge in [0.25, 0.3) is 0 Å². The first-order valence-corrected chi connectivity index (χ1v) is 9.27. The molecule has 1 aromatic rings. The van der Waals surface area contributed by atoms with Gasteiger partial charge in [-0.2, -0.15) is 13.2 Å². The standard InChI is InChI=1S/C18H16Cl4F3N/c1-9-10(2-3-11(8-26)16(9)21)4-5-13(18(23,24)25)12-6-14(19)17(22)15(20)7-12/h2-7,9,13,16H,8,26H2,1H3. The van der Waals surface area contributed by atoms with Gasteiger partial charge in [-0.3, -0.25) is 0 Å². The van der Waals surface area contributed by atoms with Gasteiger partial charge in [0.1, 0.15) is 0 Å². The van der Waals surface area contributed by atoms with Crippen LogP contribution in [0.4, 0.5) is 13.2 Å². The molecule has 8 heteroatoms. The molecule has 1 aliphatic carbocycles. The van der Waals surface area contributed by atoms with Crippen LogP contribution in [-0.2, 0) is 0 Å². The maximum absolute atomic E-state index is 13.6. The van der Waals surface area contributed by atoms with Crippen LogP contribution in [0.25, 0.3) is 0 Å². The molecule has 0 aliphatic heterocycles. The van der Waals surface area contributed by atoms with Crippen molar-refractivity contribution in [2.45, 2.75) is 24.4 Å². The van der Waals surface area contributed by atoms with E-state index in [1.807, 2.05) is 6.92 Å². The Bertz CT molecular complexity index is 745. The second kappa shape index (κ2) is 8.57. The maximum Gasteiger partial charge on any atom is 0.399 e. The molecule has 0 saturated carbocycles. The summed E-state index contributed by atoms with van der Waals surface area (Å²) < 4.78 is 40.7. The molecule has 1 aliphatic rings. The first kappa shape index (κ1) is 21.6. The van der Waals surface area contributed by atoms with Crippen molar-refractivity contribution < 1.29 is 13.2 Å². The Morgan fingerprint density at radius 3 is 2.23 bits per heavy atom. The Morgan fingerprint density at radius 1 is 1.15 bits per heavy atom. The lowest BCUT2D eigenvalue weighted by Crippen LogP contribution is -2.24. The summed E-state index contributed by atoms with van der Waals surface area (Å²) in [6, 6.07) is 2.35. The lowest BCUT2D eigenvalue weighted by atomic mass is 9.86. The lowest BCUT2D eigenvalue weighted by Gasteiger charge is -2.25. The number of allylic oxidation sites excluding steroid dienone is 5. The van der Waals surface area contributed by atoms with Crippen molar-refractivity contribution in [3.8, 4) is 0 Å². The Labute approximate surface area is 170 Å². The number of benzene rings is 1. The van der Waals surface area contributed by atoms with Gasteiger partial charge in [-0.25, -0.2) is 0 Å². The van der Waals surface area contributed by atoms with Crippen molar-refractivity contribution >= 4 is 46.4 Å². The summed E-state index contributed by atoms with van der Waals surface area (Å²) in [6.07, 6.45) is 1.46. The van der Waals surface area contributed by atoms with Crippen LogP contribution in [0, 0.1) is 5.92 Å². The van der Waals surface area contributed by atoms with Crippen molar-refractivity contribution in [2.24, 2.45) is 11.7 Å². The summed E-state index contributed by atoms with van der Waals surface area (Å²) in [5, 5.41) is -0.389. The molecule has 2 rings (SSSR count). The van der Waals surface area contributed by atoms with Gasteiger partial charge in [-0.1, -0.05) is 66.0 Å². The van der Waals surface area contributed by atoms with Crippen molar-refractivity contribution in [2.75, 3.05) is 6.54 Å². The molecule has 0 amide bonds. The number of nitrogens with two attached hydrogens (primary N) is 1. The smallest absolute Gasteiger partial charge is 0.327 e. The zero-order valence-corrected chi connectivity index (χ0v) is 16.7. The zero-order chi connectivity index (χ0) is 19.6. The largest absolute Gasteiger partial charge is 0.399 e. The summed E-state index contributed by atoms with van der Waals surface area (Å²) in [4.78, 5) is 0. The Kier molecular flexibility index (Phi) is 7.14. The monoisotopic (exact) mass is 443 g/mol. The molecular formula is C18H16Cl4F3N. The highest BCUT2D eigenvalue weighted by Crippen LogP contribution is 2.41. The molecule has 0 bridgehead atoms. The van der Waals surface area contributed by atoms with E-state index in [1.165, 1.54) is 18.2 Å². The quantitative estimate of drug-likeness (QED) is 0.395. The summed E-state index contributed by atoms with van der Waals surface area (Å²) >= 11 is 23.9. The molecule has 1 aromatic carbocycles. The second-order valence-electron chi connectivity index (χ2n) is 5.98. The van der Waals surface area contributed by atoms with Crippen LogP contribution in [0.3, 0.4) is 0 Å². The molecule has 0 spiro atoms. The normalized spacial score (nSPS) is 22.3. The molecule has 0 aromatic heterocycles. The topological polar surface area (TPSA) is 26.0 Å². The highest BCUT2D eigenvalue weighted by atomic mass is 35.5. The van der Waals surface area contributed by atoms with Crippen molar-refractivity contribution in [1.82, 2.24) is 0 Å². The van der Waals surface area contributed by atoms with E-state index in [1.54, 1.807) is 12.2 Å². The number of hydrogen-bond acceptors (Lipinski definition) is 1. The summed E-state index contributed by atoms with van der Waals surface area (Å²) in [7, 11) is 0. The van der Waals surface area contributed by atoms with Crippen LogP contribution in [0.5, 0.6) is 0 Å². The van der Waals surface area contributed by atoms with Crippen molar-refractivity contribution in [3.63, 3.8) is 0 Å². The average molecular weight is 445 g/mol. The van der Waals surface area contributed by atoms with E-state index in [0.717, 1.165) is 11.6 Å². The van der Waals surface area contributed by atoms with Gasteiger partial charge >= 0.3 is 6.18 Å². The number of hydrogen-bond donors (Lipinski definition) is 1. The van der Waals surface area contributed by atoms with Crippen molar-refractivity contribution in [1.29, 1.82) is 0 Å². The minimum absolute atomic E-state index is 0.0232. The number of halogens is 7. The van der Waals surface area contributed by atoms with Gasteiger partial charge in [0, 0.05) is 12.5 Å². The summed E-state index contributed by atoms with van der Waals surface area (Å²) in [6.45, 7) is 2.15. The van der Waals surface area contributed by atoms with E-state index >= 15 is 0 Å². The average Bonchev–Trinajstić information content (AvgIpc) is 2.55. The van der Waals surface area contributed by atoms with Crippen LogP contribution in [0.15, 0.2) is 47.6 Å². The maximum atomic E-state index is 13.6. The van der Waals surface area contributed by atoms with Gasteiger partial charge < -0.3 is 5.73 Å². The van der Waals surface area contributed by atoms with Crippen LogP contribution in [0.2, 0.25) is 15.1 Å². The zero-order valence-electron chi connectivity index (χ0n) is 13.6. The van der Waals surface area contributed by atoms with E-state index in [-0.39, 0.29) is 31.9 Å². The van der Waals surface area contributed by atoms with E-state index < -0.39 is 12.1 Å². The van der Waals surface area contributed by atoms with E-state index in [9.17, 15) is 13.2 Å². The summed E-state index contributed by atoms with van der Waals surface area (Å²) in [5.74, 6) is -2.04.